The van der Waals surface area contributed by atoms with Gasteiger partial charge in [-0.3, -0.25) is 14.4 Å². The van der Waals surface area contributed by atoms with Crippen LogP contribution < -0.4 is 10.2 Å². The molecule has 1 N–H and O–H groups in total. The van der Waals surface area contributed by atoms with Crippen LogP contribution in [-0.4, -0.2) is 36.2 Å². The van der Waals surface area contributed by atoms with Gasteiger partial charge in [-0.05, 0) is 43.3 Å². The number of para-hydroxylation sites is 2. The molecule has 1 aliphatic heterocycles. The normalized spacial score (nSPS) is 15.9. The number of rotatable bonds is 6. The van der Waals surface area contributed by atoms with Gasteiger partial charge in [-0.2, -0.15) is 0 Å². The van der Waals surface area contributed by atoms with Gasteiger partial charge in [-0.25, -0.2) is 4.39 Å². The van der Waals surface area contributed by atoms with E-state index in [4.69, 9.17) is 4.74 Å². The van der Waals surface area contributed by atoms with Crippen LogP contribution in [0.25, 0.3) is 0 Å². The molecule has 0 aliphatic carbocycles. The molecule has 2 amide bonds. The maximum atomic E-state index is 12.9. The summed E-state index contributed by atoms with van der Waals surface area (Å²) in [4.78, 5) is 39.1. The van der Waals surface area contributed by atoms with Gasteiger partial charge >= 0.3 is 5.97 Å². The highest BCUT2D eigenvalue weighted by Gasteiger charge is 2.29. The summed E-state index contributed by atoms with van der Waals surface area (Å²) in [5.41, 5.74) is 1.14. The quantitative estimate of drug-likeness (QED) is 0.575. The van der Waals surface area contributed by atoms with Gasteiger partial charge in [0.1, 0.15) is 5.82 Å². The van der Waals surface area contributed by atoms with Gasteiger partial charge in [0.15, 0.2) is 6.61 Å². The van der Waals surface area contributed by atoms with Crippen LogP contribution in [0.1, 0.15) is 19.8 Å². The number of amides is 2. The first-order valence-corrected chi connectivity index (χ1v) is 10.2. The molecule has 2 aromatic rings. The number of benzene rings is 2. The molecule has 0 saturated carbocycles. The third kappa shape index (κ3) is 5.57. The van der Waals surface area contributed by atoms with Gasteiger partial charge in [0, 0.05) is 23.1 Å². The average molecular weight is 416 g/mol. The Labute approximate surface area is 172 Å². The number of hydrogen-bond acceptors (Lipinski definition) is 5. The molecule has 0 bridgehead atoms. The second-order valence-corrected chi connectivity index (χ2v) is 7.76. The minimum atomic E-state index is -0.488. The van der Waals surface area contributed by atoms with E-state index < -0.39 is 12.6 Å². The second-order valence-electron chi connectivity index (χ2n) is 6.60. The van der Waals surface area contributed by atoms with Gasteiger partial charge < -0.3 is 15.0 Å². The Balaban J connectivity index is 1.53. The van der Waals surface area contributed by atoms with Crippen LogP contribution in [0.4, 0.5) is 15.8 Å². The molecule has 3 rings (SSSR count). The summed E-state index contributed by atoms with van der Waals surface area (Å²) in [5, 5.41) is 2.78. The highest BCUT2D eigenvalue weighted by atomic mass is 32.2. The molecule has 1 atom stereocenters. The SMILES string of the molecule is C[C@@H]1CC(=O)Nc2ccccc2N1C(=O)COC(=O)CCSc1ccc(F)cc1. The molecular formula is C21H21FN2O4S. The number of fused-ring (bicyclic) bond motifs is 1. The van der Waals surface area contributed by atoms with Crippen molar-refractivity contribution in [2.24, 2.45) is 0 Å². The number of esters is 1. The Bertz CT molecular complexity index is 904. The zero-order valence-electron chi connectivity index (χ0n) is 15.9. The highest BCUT2D eigenvalue weighted by Crippen LogP contribution is 2.31. The van der Waals surface area contributed by atoms with Crippen molar-refractivity contribution in [3.05, 3.63) is 54.3 Å². The molecule has 6 nitrogen and oxygen atoms in total. The van der Waals surface area contributed by atoms with Gasteiger partial charge in [0.25, 0.3) is 5.91 Å². The van der Waals surface area contributed by atoms with E-state index >= 15 is 0 Å². The van der Waals surface area contributed by atoms with Crippen molar-refractivity contribution < 1.29 is 23.5 Å². The number of ether oxygens (including phenoxy) is 1. The van der Waals surface area contributed by atoms with E-state index in [0.717, 1.165) is 4.90 Å². The average Bonchev–Trinajstić information content (AvgIpc) is 2.82. The summed E-state index contributed by atoms with van der Waals surface area (Å²) in [7, 11) is 0. The summed E-state index contributed by atoms with van der Waals surface area (Å²) in [6.45, 7) is 1.38. The number of carbonyl (C=O) groups excluding carboxylic acids is 3. The van der Waals surface area contributed by atoms with Crippen LogP contribution in [0, 0.1) is 5.82 Å². The summed E-state index contributed by atoms with van der Waals surface area (Å²) in [5.74, 6) is -0.900. The Morgan fingerprint density at radius 2 is 1.93 bits per heavy atom. The van der Waals surface area contributed by atoms with E-state index in [1.807, 2.05) is 0 Å². The van der Waals surface area contributed by atoms with Gasteiger partial charge in [-0.1, -0.05) is 12.1 Å². The molecule has 0 saturated heterocycles. The molecule has 0 unspecified atom stereocenters. The maximum absolute atomic E-state index is 12.9. The summed E-state index contributed by atoms with van der Waals surface area (Å²) < 4.78 is 18.0. The molecule has 0 spiro atoms. The largest absolute Gasteiger partial charge is 0.456 e. The van der Waals surface area contributed by atoms with Gasteiger partial charge in [0.05, 0.1) is 17.8 Å². The number of nitrogens with one attached hydrogen (secondary N) is 1. The van der Waals surface area contributed by atoms with E-state index in [0.29, 0.717) is 17.1 Å². The van der Waals surface area contributed by atoms with Crippen molar-refractivity contribution in [1.82, 2.24) is 0 Å². The maximum Gasteiger partial charge on any atom is 0.307 e. The van der Waals surface area contributed by atoms with Crippen molar-refractivity contribution in [3.63, 3.8) is 0 Å². The number of thioether (sulfide) groups is 1. The third-order valence-electron chi connectivity index (χ3n) is 4.37. The lowest BCUT2D eigenvalue weighted by Gasteiger charge is -2.27. The van der Waals surface area contributed by atoms with Crippen molar-refractivity contribution in [3.8, 4) is 0 Å². The fourth-order valence-electron chi connectivity index (χ4n) is 3.03. The van der Waals surface area contributed by atoms with Crippen molar-refractivity contribution in [2.75, 3.05) is 22.6 Å². The first-order valence-electron chi connectivity index (χ1n) is 9.19. The van der Waals surface area contributed by atoms with Crippen molar-refractivity contribution in [1.29, 1.82) is 0 Å². The molecule has 0 aromatic heterocycles. The van der Waals surface area contributed by atoms with Crippen LogP contribution in [0.5, 0.6) is 0 Å². The predicted octanol–water partition coefficient (Wildman–Crippen LogP) is 3.62. The number of carbonyl (C=O) groups is 3. The monoisotopic (exact) mass is 416 g/mol. The fraction of sp³-hybridized carbons (Fsp3) is 0.286. The number of anilines is 2. The van der Waals surface area contributed by atoms with Gasteiger partial charge in [-0.15, -0.1) is 11.8 Å². The molecule has 8 heteroatoms. The van der Waals surface area contributed by atoms with Crippen LogP contribution in [-0.2, 0) is 19.1 Å². The number of halogens is 1. The minimum absolute atomic E-state index is 0.126. The van der Waals surface area contributed by atoms with Crippen LogP contribution in [0.15, 0.2) is 53.4 Å². The van der Waals surface area contributed by atoms with E-state index in [-0.39, 0.29) is 36.5 Å². The predicted molar refractivity (Wildman–Crippen MR) is 109 cm³/mol. The molecule has 1 aliphatic rings. The minimum Gasteiger partial charge on any atom is -0.456 e. The first-order chi connectivity index (χ1) is 13.9. The molecule has 0 fully saturated rings. The summed E-state index contributed by atoms with van der Waals surface area (Å²) in [6, 6.07) is 12.7. The Hall–Kier alpha value is -2.87. The lowest BCUT2D eigenvalue weighted by Crippen LogP contribution is -2.41. The first kappa shape index (κ1) is 20.9. The molecule has 1 heterocycles. The van der Waals surface area contributed by atoms with E-state index in [9.17, 15) is 18.8 Å². The van der Waals surface area contributed by atoms with E-state index in [2.05, 4.69) is 5.32 Å². The van der Waals surface area contributed by atoms with E-state index in [1.54, 1.807) is 43.3 Å². The smallest absolute Gasteiger partial charge is 0.307 e. The van der Waals surface area contributed by atoms with Crippen molar-refractivity contribution >= 4 is 40.9 Å². The molecule has 152 valence electrons. The van der Waals surface area contributed by atoms with Gasteiger partial charge in [0.2, 0.25) is 5.91 Å². The zero-order chi connectivity index (χ0) is 20.8. The second kappa shape index (κ2) is 9.56. The number of nitrogens with zero attached hydrogens (tertiary/aromatic N) is 1. The summed E-state index contributed by atoms with van der Waals surface area (Å²) in [6.07, 6.45) is 0.282. The third-order valence-corrected chi connectivity index (χ3v) is 5.39. The molecule has 0 radical (unpaired) electrons. The van der Waals surface area contributed by atoms with Crippen LogP contribution in [0.2, 0.25) is 0 Å². The molecule has 29 heavy (non-hydrogen) atoms. The molecule has 2 aromatic carbocycles. The zero-order valence-corrected chi connectivity index (χ0v) is 16.7. The number of hydrogen-bond donors (Lipinski definition) is 1. The lowest BCUT2D eigenvalue weighted by atomic mass is 10.1. The van der Waals surface area contributed by atoms with Crippen LogP contribution in [0.3, 0.4) is 0 Å². The Morgan fingerprint density at radius 1 is 1.21 bits per heavy atom. The standard InChI is InChI=1S/C21H21FN2O4S/c1-14-12-19(25)23-17-4-2-3-5-18(17)24(14)20(26)13-28-21(27)10-11-29-16-8-6-15(22)7-9-16/h2-9,14H,10-13H2,1H3,(H,23,25)/t14-/m1/s1. The fourth-order valence-corrected chi connectivity index (χ4v) is 3.87. The highest BCUT2D eigenvalue weighted by molar-refractivity contribution is 7.99. The van der Waals surface area contributed by atoms with Crippen molar-refractivity contribution in [2.45, 2.75) is 30.7 Å². The topological polar surface area (TPSA) is 75.7 Å². The Kier molecular flexibility index (Phi) is 6.87. The Morgan fingerprint density at radius 3 is 2.69 bits per heavy atom. The lowest BCUT2D eigenvalue weighted by molar-refractivity contribution is -0.147. The van der Waals surface area contributed by atoms with E-state index in [1.165, 1.54) is 28.8 Å². The summed E-state index contributed by atoms with van der Waals surface area (Å²) >= 11 is 1.41. The van der Waals surface area contributed by atoms with Crippen LogP contribution >= 0.6 is 11.8 Å². The molecular weight excluding hydrogens is 395 g/mol.